The van der Waals surface area contributed by atoms with Crippen molar-refractivity contribution in [2.45, 2.75) is 13.1 Å². The average molecular weight is 400 g/mol. The van der Waals surface area contributed by atoms with Crippen LogP contribution in [0.25, 0.3) is 0 Å². The average Bonchev–Trinajstić information content (AvgIpc) is 2.73. The predicted octanol–water partition coefficient (Wildman–Crippen LogP) is 0.737. The Morgan fingerprint density at radius 1 is 1.07 bits per heavy atom. The molecule has 0 radical (unpaired) electrons. The second kappa shape index (κ2) is 10.5. The third-order valence-electron chi connectivity index (χ3n) is 4.72. The molecular weight excluding hydrogens is 370 g/mol. The molecule has 2 aromatic rings. The Hall–Kier alpha value is -3.06. The second-order valence-corrected chi connectivity index (χ2v) is 6.99. The molecule has 2 amide bonds. The van der Waals surface area contributed by atoms with Gasteiger partial charge in [-0.15, -0.1) is 0 Å². The Balaban J connectivity index is 1.94. The minimum atomic E-state index is -0.109. The van der Waals surface area contributed by atoms with Crippen LogP contribution in [0.15, 0.2) is 42.5 Å². The molecule has 0 saturated heterocycles. The van der Waals surface area contributed by atoms with E-state index in [0.29, 0.717) is 36.7 Å². The van der Waals surface area contributed by atoms with Crippen LogP contribution in [-0.4, -0.2) is 58.6 Å². The van der Waals surface area contributed by atoms with E-state index in [4.69, 9.17) is 9.47 Å². The lowest BCUT2D eigenvalue weighted by molar-refractivity contribution is -0.885. The van der Waals surface area contributed by atoms with Crippen molar-refractivity contribution in [2.75, 3.05) is 41.9 Å². The van der Waals surface area contributed by atoms with Crippen LogP contribution in [0.4, 0.5) is 0 Å². The lowest BCUT2D eigenvalue weighted by Gasteiger charge is -2.21. The van der Waals surface area contributed by atoms with Gasteiger partial charge in [-0.05, 0) is 18.2 Å². The van der Waals surface area contributed by atoms with E-state index >= 15 is 0 Å². The maximum Gasteiger partial charge on any atom is 0.277 e. The summed E-state index contributed by atoms with van der Waals surface area (Å²) in [6.07, 6.45) is 0. The quantitative estimate of drug-likeness (QED) is 0.651. The lowest BCUT2D eigenvalue weighted by atomic mass is 10.1. The predicted molar refractivity (Wildman–Crippen MR) is 111 cm³/mol. The van der Waals surface area contributed by atoms with Crippen LogP contribution >= 0.6 is 0 Å². The van der Waals surface area contributed by atoms with Crippen molar-refractivity contribution in [2.24, 2.45) is 0 Å². The van der Waals surface area contributed by atoms with Crippen molar-refractivity contribution >= 4 is 11.8 Å². The smallest absolute Gasteiger partial charge is 0.277 e. The molecule has 0 aliphatic carbocycles. The Bertz CT molecular complexity index is 836. The summed E-state index contributed by atoms with van der Waals surface area (Å²) in [7, 11) is 8.56. The molecule has 0 saturated carbocycles. The molecule has 1 unspecified atom stereocenters. The number of para-hydroxylation sites is 1. The van der Waals surface area contributed by atoms with E-state index in [2.05, 4.69) is 5.32 Å². The van der Waals surface area contributed by atoms with Gasteiger partial charge in [0.1, 0.15) is 6.54 Å². The molecule has 1 atom stereocenters. The molecule has 0 bridgehead atoms. The summed E-state index contributed by atoms with van der Waals surface area (Å²) in [6, 6.07) is 13.1. The highest BCUT2D eigenvalue weighted by Crippen LogP contribution is 2.31. The number of nitrogens with one attached hydrogen (secondary N) is 2. The van der Waals surface area contributed by atoms with Crippen LogP contribution in [-0.2, 0) is 17.9 Å². The first kappa shape index (κ1) is 22.2. The number of nitrogens with zero attached hydrogens (tertiary/aromatic N) is 1. The Kier molecular flexibility index (Phi) is 8.03. The van der Waals surface area contributed by atoms with Gasteiger partial charge in [0, 0.05) is 37.3 Å². The highest BCUT2D eigenvalue weighted by molar-refractivity contribution is 5.93. The summed E-state index contributed by atoms with van der Waals surface area (Å²) in [5, 5.41) is 2.60. The molecule has 2 N–H and O–H groups in total. The van der Waals surface area contributed by atoms with Crippen LogP contribution in [0.2, 0.25) is 0 Å². The summed E-state index contributed by atoms with van der Waals surface area (Å²) < 4.78 is 10.8. The fraction of sp³-hybridized carbons (Fsp3) is 0.364. The van der Waals surface area contributed by atoms with Crippen LogP contribution in [0.5, 0.6) is 11.5 Å². The van der Waals surface area contributed by atoms with E-state index in [0.717, 1.165) is 16.0 Å². The zero-order valence-corrected chi connectivity index (χ0v) is 17.7. The van der Waals surface area contributed by atoms with Crippen molar-refractivity contribution in [3.8, 4) is 11.5 Å². The molecule has 7 nitrogen and oxygen atoms in total. The monoisotopic (exact) mass is 400 g/mol. The molecule has 7 heteroatoms. The molecule has 0 heterocycles. The minimum absolute atomic E-state index is 0.0364. The maximum atomic E-state index is 12.7. The SMILES string of the molecule is CNC(=O)c1ccc(C[NH+](C)CC(=O)N(C)Cc2cccc(OC)c2OC)cc1. The van der Waals surface area contributed by atoms with E-state index in [1.807, 2.05) is 37.4 Å². The third-order valence-corrected chi connectivity index (χ3v) is 4.72. The normalized spacial score (nSPS) is 11.5. The van der Waals surface area contributed by atoms with Crippen molar-refractivity contribution in [3.05, 3.63) is 59.2 Å². The number of carbonyl (C=O) groups is 2. The first-order chi connectivity index (χ1) is 13.9. The van der Waals surface area contributed by atoms with Gasteiger partial charge in [-0.1, -0.05) is 24.3 Å². The van der Waals surface area contributed by atoms with Crippen molar-refractivity contribution < 1.29 is 24.0 Å². The molecular formula is C22H30N3O4+. The Morgan fingerprint density at radius 3 is 2.34 bits per heavy atom. The zero-order chi connectivity index (χ0) is 21.4. The molecule has 2 rings (SSSR count). The number of hydrogen-bond acceptors (Lipinski definition) is 4. The summed E-state index contributed by atoms with van der Waals surface area (Å²) in [5.41, 5.74) is 2.59. The first-order valence-electron chi connectivity index (χ1n) is 9.45. The molecule has 156 valence electrons. The highest BCUT2D eigenvalue weighted by Gasteiger charge is 2.18. The Labute approximate surface area is 172 Å². The minimum Gasteiger partial charge on any atom is -0.493 e. The van der Waals surface area contributed by atoms with Crippen LogP contribution in [0.1, 0.15) is 21.5 Å². The summed E-state index contributed by atoms with van der Waals surface area (Å²) >= 11 is 0. The zero-order valence-electron chi connectivity index (χ0n) is 17.7. The molecule has 0 fully saturated rings. The van der Waals surface area contributed by atoms with Gasteiger partial charge in [-0.25, -0.2) is 0 Å². The topological polar surface area (TPSA) is 72.3 Å². The Morgan fingerprint density at radius 2 is 1.76 bits per heavy atom. The third kappa shape index (κ3) is 5.96. The van der Waals surface area contributed by atoms with Gasteiger partial charge in [0.15, 0.2) is 18.0 Å². The van der Waals surface area contributed by atoms with Crippen molar-refractivity contribution in [1.82, 2.24) is 10.2 Å². The van der Waals surface area contributed by atoms with Crippen molar-refractivity contribution in [1.29, 1.82) is 0 Å². The van der Waals surface area contributed by atoms with Crippen LogP contribution in [0, 0.1) is 0 Å². The highest BCUT2D eigenvalue weighted by atomic mass is 16.5. The first-order valence-corrected chi connectivity index (χ1v) is 9.45. The van der Waals surface area contributed by atoms with Gasteiger partial charge >= 0.3 is 0 Å². The van der Waals surface area contributed by atoms with Gasteiger partial charge in [0.2, 0.25) is 0 Å². The molecule has 0 aliphatic heterocycles. The van der Waals surface area contributed by atoms with Crippen LogP contribution < -0.4 is 19.7 Å². The number of ether oxygens (including phenoxy) is 2. The largest absolute Gasteiger partial charge is 0.493 e. The van der Waals surface area contributed by atoms with E-state index in [1.54, 1.807) is 45.3 Å². The van der Waals surface area contributed by atoms with Gasteiger partial charge in [-0.3, -0.25) is 9.59 Å². The van der Waals surface area contributed by atoms with Gasteiger partial charge in [0.25, 0.3) is 11.8 Å². The van der Waals surface area contributed by atoms with E-state index in [9.17, 15) is 9.59 Å². The second-order valence-electron chi connectivity index (χ2n) is 6.99. The van der Waals surface area contributed by atoms with Gasteiger partial charge < -0.3 is 24.6 Å². The number of likely N-dealkylation sites (N-methyl/N-ethyl adjacent to an activating group) is 2. The van der Waals surface area contributed by atoms with E-state index in [1.165, 1.54) is 0 Å². The maximum absolute atomic E-state index is 12.7. The molecule has 2 aromatic carbocycles. The molecule has 0 aliphatic rings. The van der Waals surface area contributed by atoms with E-state index in [-0.39, 0.29) is 11.8 Å². The standard InChI is InChI=1S/C22H29N3O4/c1-23-22(27)17-11-9-16(10-12-17)13-24(2)15-20(26)25(3)14-18-7-6-8-19(28-4)21(18)29-5/h6-12H,13-15H2,1-5H3,(H,23,27)/p+1. The molecule has 0 spiro atoms. The fourth-order valence-corrected chi connectivity index (χ4v) is 3.14. The van der Waals surface area contributed by atoms with Gasteiger partial charge in [-0.2, -0.15) is 0 Å². The number of methoxy groups -OCH3 is 2. The number of amides is 2. The lowest BCUT2D eigenvalue weighted by Crippen LogP contribution is -3.08. The molecule has 0 aromatic heterocycles. The number of benzene rings is 2. The molecule has 29 heavy (non-hydrogen) atoms. The fourth-order valence-electron chi connectivity index (χ4n) is 3.14. The number of quaternary nitrogens is 1. The number of hydrogen-bond donors (Lipinski definition) is 2. The van der Waals surface area contributed by atoms with E-state index < -0.39 is 0 Å². The van der Waals surface area contributed by atoms with Gasteiger partial charge in [0.05, 0.1) is 21.3 Å². The van der Waals surface area contributed by atoms with Crippen molar-refractivity contribution in [3.63, 3.8) is 0 Å². The summed E-state index contributed by atoms with van der Waals surface area (Å²) in [5.74, 6) is 1.22. The summed E-state index contributed by atoms with van der Waals surface area (Å²) in [6.45, 7) is 1.49. The summed E-state index contributed by atoms with van der Waals surface area (Å²) in [4.78, 5) is 27.0. The number of carbonyl (C=O) groups excluding carboxylic acids is 2. The van der Waals surface area contributed by atoms with Crippen LogP contribution in [0.3, 0.4) is 0 Å². The number of rotatable bonds is 9.